The van der Waals surface area contributed by atoms with Crippen molar-refractivity contribution in [3.05, 3.63) is 10.6 Å². The van der Waals surface area contributed by atoms with E-state index in [-0.39, 0.29) is 6.10 Å². The van der Waals surface area contributed by atoms with Crippen molar-refractivity contribution >= 4 is 12.2 Å². The van der Waals surface area contributed by atoms with E-state index in [2.05, 4.69) is 21.7 Å². The highest BCUT2D eigenvalue weighted by molar-refractivity contribution is 7.71. The number of hydrogen-bond donors (Lipinski definition) is 1. The average Bonchev–Trinajstić information content (AvgIpc) is 2.84. The Morgan fingerprint density at radius 2 is 2.20 bits per heavy atom. The molecule has 0 spiro atoms. The first-order valence-electron chi connectivity index (χ1n) is 5.58. The molecule has 0 bridgehead atoms. The molecule has 2 heterocycles. The maximum absolute atomic E-state index is 5.83. The molecule has 15 heavy (non-hydrogen) atoms. The normalized spacial score (nSPS) is 31.0. The first-order chi connectivity index (χ1) is 7.25. The number of H-pyrrole nitrogens is 1. The summed E-state index contributed by atoms with van der Waals surface area (Å²) < 4.78 is 8.73. The van der Waals surface area contributed by atoms with Crippen LogP contribution in [-0.4, -0.2) is 20.9 Å². The van der Waals surface area contributed by atoms with Gasteiger partial charge in [-0.25, -0.2) is 0 Å². The van der Waals surface area contributed by atoms with E-state index in [1.54, 1.807) is 0 Å². The lowest BCUT2D eigenvalue weighted by atomic mass is 10.2. The Morgan fingerprint density at radius 3 is 2.80 bits per heavy atom. The van der Waals surface area contributed by atoms with Crippen molar-refractivity contribution in [2.75, 3.05) is 0 Å². The fourth-order valence-electron chi connectivity index (χ4n) is 2.22. The van der Waals surface area contributed by atoms with Crippen molar-refractivity contribution in [2.24, 2.45) is 0 Å². The maximum atomic E-state index is 5.83. The van der Waals surface area contributed by atoms with Crippen LogP contribution < -0.4 is 0 Å². The van der Waals surface area contributed by atoms with Gasteiger partial charge in [-0.2, -0.15) is 5.10 Å². The number of nitrogens with zero attached hydrogens (tertiary/aromatic N) is 2. The number of hydrogen-bond acceptors (Lipinski definition) is 3. The van der Waals surface area contributed by atoms with E-state index < -0.39 is 0 Å². The van der Waals surface area contributed by atoms with E-state index in [0.717, 1.165) is 23.4 Å². The zero-order valence-electron chi connectivity index (χ0n) is 8.77. The Kier molecular flexibility index (Phi) is 2.17. The average molecular weight is 225 g/mol. The van der Waals surface area contributed by atoms with Gasteiger partial charge in [0, 0.05) is 6.04 Å². The van der Waals surface area contributed by atoms with Gasteiger partial charge in [0.05, 0.1) is 6.10 Å². The second kappa shape index (κ2) is 3.42. The van der Waals surface area contributed by atoms with Crippen LogP contribution in [0.15, 0.2) is 0 Å². The largest absolute Gasteiger partial charge is 0.367 e. The van der Waals surface area contributed by atoms with Gasteiger partial charge in [0.1, 0.15) is 6.10 Å². The molecule has 2 atom stereocenters. The molecule has 1 aliphatic heterocycles. The molecule has 2 aliphatic rings. The molecular weight excluding hydrogens is 210 g/mol. The van der Waals surface area contributed by atoms with Gasteiger partial charge in [-0.15, -0.1) is 0 Å². The molecule has 1 aromatic heterocycles. The molecule has 0 aromatic carbocycles. The standard InChI is InChI=1S/C10H15N3OS/c1-6-2-5-8(14-6)9-11-12-10(15)13(9)7-3-4-7/h6-8H,2-5H2,1H3,(H,12,15). The number of rotatable bonds is 2. The van der Waals surface area contributed by atoms with Crippen LogP contribution in [0.1, 0.15) is 50.6 Å². The van der Waals surface area contributed by atoms with Crippen molar-refractivity contribution in [2.45, 2.75) is 50.9 Å². The van der Waals surface area contributed by atoms with E-state index >= 15 is 0 Å². The molecule has 5 heteroatoms. The van der Waals surface area contributed by atoms with Crippen LogP contribution in [0.2, 0.25) is 0 Å². The van der Waals surface area contributed by atoms with Crippen LogP contribution in [0, 0.1) is 4.77 Å². The van der Waals surface area contributed by atoms with Crippen LogP contribution in [0.4, 0.5) is 0 Å². The Hall–Kier alpha value is -0.680. The van der Waals surface area contributed by atoms with Gasteiger partial charge in [-0.05, 0) is 44.8 Å². The Labute approximate surface area is 93.6 Å². The Morgan fingerprint density at radius 1 is 1.40 bits per heavy atom. The third-order valence-corrected chi connectivity index (χ3v) is 3.45. The second-order valence-electron chi connectivity index (χ2n) is 4.50. The summed E-state index contributed by atoms with van der Waals surface area (Å²) >= 11 is 5.24. The third kappa shape index (κ3) is 1.63. The first-order valence-corrected chi connectivity index (χ1v) is 5.99. The van der Waals surface area contributed by atoms with E-state index in [0.29, 0.717) is 12.1 Å². The van der Waals surface area contributed by atoms with E-state index in [1.165, 1.54) is 12.8 Å². The molecule has 3 rings (SSSR count). The van der Waals surface area contributed by atoms with Crippen molar-refractivity contribution in [1.82, 2.24) is 14.8 Å². The summed E-state index contributed by atoms with van der Waals surface area (Å²) in [5.74, 6) is 1.01. The SMILES string of the molecule is CC1CCC(c2n[nH]c(=S)n2C2CC2)O1. The van der Waals surface area contributed by atoms with Gasteiger partial charge in [-0.3, -0.25) is 9.67 Å². The number of ether oxygens (including phenoxy) is 1. The smallest absolute Gasteiger partial charge is 0.195 e. The first kappa shape index (κ1) is 9.54. The van der Waals surface area contributed by atoms with Crippen LogP contribution >= 0.6 is 12.2 Å². The summed E-state index contributed by atoms with van der Waals surface area (Å²) in [6.07, 6.45) is 5.13. The summed E-state index contributed by atoms with van der Waals surface area (Å²) in [4.78, 5) is 0. The highest BCUT2D eigenvalue weighted by atomic mass is 32.1. The van der Waals surface area contributed by atoms with E-state index in [9.17, 15) is 0 Å². The minimum Gasteiger partial charge on any atom is -0.367 e. The molecule has 1 saturated heterocycles. The van der Waals surface area contributed by atoms with Gasteiger partial charge in [0.25, 0.3) is 0 Å². The van der Waals surface area contributed by atoms with Crippen molar-refractivity contribution in [3.63, 3.8) is 0 Å². The lowest BCUT2D eigenvalue weighted by molar-refractivity contribution is 0.0478. The number of aromatic nitrogens is 3. The fourth-order valence-corrected chi connectivity index (χ4v) is 2.51. The molecule has 4 nitrogen and oxygen atoms in total. The number of aromatic amines is 1. The Balaban J connectivity index is 1.94. The molecule has 2 unspecified atom stereocenters. The summed E-state index contributed by atoms with van der Waals surface area (Å²) in [5.41, 5.74) is 0. The quantitative estimate of drug-likeness (QED) is 0.786. The second-order valence-corrected chi connectivity index (χ2v) is 4.89. The highest BCUT2D eigenvalue weighted by Gasteiger charge is 2.33. The van der Waals surface area contributed by atoms with Gasteiger partial charge < -0.3 is 4.74 Å². The number of nitrogens with one attached hydrogen (secondary N) is 1. The predicted molar refractivity (Wildman–Crippen MR) is 58.2 cm³/mol. The van der Waals surface area contributed by atoms with Gasteiger partial charge in [0.15, 0.2) is 10.6 Å². The van der Waals surface area contributed by atoms with Crippen LogP contribution in [0.5, 0.6) is 0 Å². The topological polar surface area (TPSA) is 42.8 Å². The maximum Gasteiger partial charge on any atom is 0.195 e. The molecule has 2 fully saturated rings. The van der Waals surface area contributed by atoms with Crippen LogP contribution in [0.25, 0.3) is 0 Å². The molecule has 82 valence electrons. The van der Waals surface area contributed by atoms with Crippen LogP contribution in [-0.2, 0) is 4.74 Å². The zero-order chi connectivity index (χ0) is 10.4. The van der Waals surface area contributed by atoms with Crippen molar-refractivity contribution in [3.8, 4) is 0 Å². The van der Waals surface area contributed by atoms with E-state index in [4.69, 9.17) is 17.0 Å². The summed E-state index contributed by atoms with van der Waals surface area (Å²) in [6, 6.07) is 0.575. The Bertz CT molecular complexity index is 421. The third-order valence-electron chi connectivity index (χ3n) is 3.16. The van der Waals surface area contributed by atoms with Gasteiger partial charge >= 0.3 is 0 Å². The molecule has 0 radical (unpaired) electrons. The minimum atomic E-state index is 0.147. The summed E-state index contributed by atoms with van der Waals surface area (Å²) in [6.45, 7) is 2.11. The van der Waals surface area contributed by atoms with Crippen molar-refractivity contribution < 1.29 is 4.74 Å². The fraction of sp³-hybridized carbons (Fsp3) is 0.800. The predicted octanol–water partition coefficient (Wildman–Crippen LogP) is 2.52. The molecule has 1 N–H and O–H groups in total. The molecule has 1 aromatic rings. The van der Waals surface area contributed by atoms with E-state index in [1.807, 2.05) is 0 Å². The molecular formula is C10H15N3OS. The van der Waals surface area contributed by atoms with Crippen LogP contribution in [0.3, 0.4) is 0 Å². The summed E-state index contributed by atoms with van der Waals surface area (Å²) in [7, 11) is 0. The molecule has 1 aliphatic carbocycles. The van der Waals surface area contributed by atoms with Gasteiger partial charge in [0.2, 0.25) is 0 Å². The van der Waals surface area contributed by atoms with Crippen molar-refractivity contribution in [1.29, 1.82) is 0 Å². The summed E-state index contributed by atoms with van der Waals surface area (Å²) in [5, 5.41) is 7.20. The monoisotopic (exact) mass is 225 g/mol. The molecule has 1 saturated carbocycles. The molecule has 0 amide bonds. The lowest BCUT2D eigenvalue weighted by Gasteiger charge is -2.11. The lowest BCUT2D eigenvalue weighted by Crippen LogP contribution is -2.09. The van der Waals surface area contributed by atoms with Gasteiger partial charge in [-0.1, -0.05) is 0 Å². The highest BCUT2D eigenvalue weighted by Crippen LogP contribution is 2.39. The minimum absolute atomic E-state index is 0.147. The zero-order valence-corrected chi connectivity index (χ0v) is 9.59.